The molecule has 1 aliphatic carbocycles. The highest BCUT2D eigenvalue weighted by atomic mass is 16.6. The van der Waals surface area contributed by atoms with Gasteiger partial charge in [0.15, 0.2) is 17.5 Å². The monoisotopic (exact) mass is 411 g/mol. The van der Waals surface area contributed by atoms with Crippen molar-refractivity contribution in [3.8, 4) is 5.75 Å². The van der Waals surface area contributed by atoms with E-state index in [9.17, 15) is 9.90 Å². The van der Waals surface area contributed by atoms with Crippen molar-refractivity contribution in [3.05, 3.63) is 65.1 Å². The average molecular weight is 411 g/mol. The largest absolute Gasteiger partial charge is 0.478 e. The standard InChI is InChI=1S/C22H25N3O5/c1-14-17(13-27)25-9-5-8-18(21(25)23-14)29-20-16-7-4-3-6-15(16)12-19(20)30-22(28)24(2)10-11-26/h3-9,19-20,26-27H,10-13H2,1-2H3/t19-,20-/m1/s1. The fourth-order valence-electron chi connectivity index (χ4n) is 3.85. The molecule has 2 N–H and O–H groups in total. The maximum atomic E-state index is 12.4. The second-order valence-electron chi connectivity index (χ2n) is 7.38. The number of likely N-dealkylation sites (N-methyl/N-ethyl adjacent to an activating group) is 1. The van der Waals surface area contributed by atoms with Gasteiger partial charge in [0.05, 0.1) is 24.6 Å². The Kier molecular flexibility index (Phi) is 5.61. The van der Waals surface area contributed by atoms with Gasteiger partial charge >= 0.3 is 6.09 Å². The number of aryl methyl sites for hydroxylation is 1. The topological polar surface area (TPSA) is 96.5 Å². The van der Waals surface area contributed by atoms with E-state index in [4.69, 9.17) is 14.6 Å². The first-order valence-electron chi connectivity index (χ1n) is 9.88. The van der Waals surface area contributed by atoms with Crippen molar-refractivity contribution >= 4 is 11.7 Å². The van der Waals surface area contributed by atoms with Crippen LogP contribution in [0.3, 0.4) is 0 Å². The summed E-state index contributed by atoms with van der Waals surface area (Å²) < 4.78 is 13.9. The lowest BCUT2D eigenvalue weighted by Gasteiger charge is -2.25. The van der Waals surface area contributed by atoms with Crippen molar-refractivity contribution in [1.82, 2.24) is 14.3 Å². The summed E-state index contributed by atoms with van der Waals surface area (Å²) in [4.78, 5) is 18.3. The lowest BCUT2D eigenvalue weighted by Crippen LogP contribution is -2.35. The molecule has 0 saturated carbocycles. The smallest absolute Gasteiger partial charge is 0.410 e. The number of ether oxygens (including phenoxy) is 2. The molecule has 30 heavy (non-hydrogen) atoms. The number of pyridine rings is 1. The molecule has 0 aliphatic heterocycles. The number of hydrogen-bond acceptors (Lipinski definition) is 6. The normalized spacial score (nSPS) is 17.7. The van der Waals surface area contributed by atoms with Crippen molar-refractivity contribution in [2.45, 2.75) is 32.2 Å². The molecule has 8 heteroatoms. The zero-order valence-electron chi connectivity index (χ0n) is 17.0. The van der Waals surface area contributed by atoms with Crippen molar-refractivity contribution in [2.75, 3.05) is 20.2 Å². The Morgan fingerprint density at radius 2 is 2.07 bits per heavy atom. The Balaban J connectivity index is 1.66. The van der Waals surface area contributed by atoms with E-state index in [1.165, 1.54) is 4.90 Å². The first kappa shape index (κ1) is 20.2. The Morgan fingerprint density at radius 1 is 1.27 bits per heavy atom. The number of carbonyl (C=O) groups is 1. The second kappa shape index (κ2) is 8.33. The number of rotatable bonds is 6. The van der Waals surface area contributed by atoms with Gasteiger partial charge < -0.3 is 24.6 Å². The molecule has 4 rings (SSSR count). The minimum atomic E-state index is -0.510. The van der Waals surface area contributed by atoms with Crippen LogP contribution in [0, 0.1) is 6.92 Å². The fourth-order valence-corrected chi connectivity index (χ4v) is 3.85. The maximum absolute atomic E-state index is 12.4. The molecule has 1 aliphatic rings. The highest BCUT2D eigenvalue weighted by Gasteiger charge is 2.38. The summed E-state index contributed by atoms with van der Waals surface area (Å²) in [6.07, 6.45) is 0.862. The fraction of sp³-hybridized carbons (Fsp3) is 0.364. The van der Waals surface area contributed by atoms with E-state index in [2.05, 4.69) is 4.98 Å². The summed E-state index contributed by atoms with van der Waals surface area (Å²) in [6, 6.07) is 11.5. The van der Waals surface area contributed by atoms with Crippen LogP contribution in [0.2, 0.25) is 0 Å². The molecule has 0 fully saturated rings. The van der Waals surface area contributed by atoms with Gasteiger partial charge in [0, 0.05) is 26.2 Å². The number of aromatic nitrogens is 2. The number of aliphatic hydroxyl groups is 2. The number of benzene rings is 1. The number of aliphatic hydroxyl groups excluding tert-OH is 2. The van der Waals surface area contributed by atoms with Crippen molar-refractivity contribution in [1.29, 1.82) is 0 Å². The van der Waals surface area contributed by atoms with E-state index in [1.807, 2.05) is 53.9 Å². The molecular weight excluding hydrogens is 386 g/mol. The van der Waals surface area contributed by atoms with Crippen LogP contribution in [-0.2, 0) is 17.8 Å². The zero-order valence-corrected chi connectivity index (χ0v) is 17.0. The van der Waals surface area contributed by atoms with E-state index in [0.29, 0.717) is 23.5 Å². The van der Waals surface area contributed by atoms with Crippen molar-refractivity contribution in [2.24, 2.45) is 0 Å². The van der Waals surface area contributed by atoms with E-state index >= 15 is 0 Å². The maximum Gasteiger partial charge on any atom is 0.410 e. The van der Waals surface area contributed by atoms with Crippen LogP contribution in [0.25, 0.3) is 5.65 Å². The summed E-state index contributed by atoms with van der Waals surface area (Å²) in [5, 5.41) is 18.7. The van der Waals surface area contributed by atoms with Gasteiger partial charge in [0.25, 0.3) is 0 Å². The predicted octanol–water partition coefficient (Wildman–Crippen LogP) is 2.24. The molecule has 2 atom stereocenters. The predicted molar refractivity (Wildman–Crippen MR) is 109 cm³/mol. The molecule has 0 spiro atoms. The van der Waals surface area contributed by atoms with Gasteiger partial charge in [-0.15, -0.1) is 0 Å². The summed E-state index contributed by atoms with van der Waals surface area (Å²) in [5.74, 6) is 0.548. The van der Waals surface area contributed by atoms with E-state index in [1.54, 1.807) is 7.05 Å². The molecule has 0 unspecified atom stereocenters. The SMILES string of the molecule is Cc1nc2c(O[C@@H]3c4ccccc4C[C@H]3OC(=O)N(C)CCO)cccn2c1CO. The summed E-state index contributed by atoms with van der Waals surface area (Å²) >= 11 is 0. The molecule has 0 bridgehead atoms. The zero-order chi connectivity index (χ0) is 21.3. The van der Waals surface area contributed by atoms with Gasteiger partial charge in [-0.05, 0) is 30.2 Å². The Hall–Kier alpha value is -3.10. The first-order valence-corrected chi connectivity index (χ1v) is 9.88. The third-order valence-corrected chi connectivity index (χ3v) is 5.44. The highest BCUT2D eigenvalue weighted by molar-refractivity contribution is 5.67. The van der Waals surface area contributed by atoms with Crippen molar-refractivity contribution < 1.29 is 24.5 Å². The van der Waals surface area contributed by atoms with Crippen LogP contribution >= 0.6 is 0 Å². The number of hydrogen-bond donors (Lipinski definition) is 2. The van der Waals surface area contributed by atoms with Gasteiger partial charge in [0.1, 0.15) is 6.10 Å². The van der Waals surface area contributed by atoms with Crippen LogP contribution in [0.4, 0.5) is 4.79 Å². The highest BCUT2D eigenvalue weighted by Crippen LogP contribution is 2.38. The summed E-state index contributed by atoms with van der Waals surface area (Å²) in [5.41, 5.74) is 4.07. The number of imidazole rings is 1. The van der Waals surface area contributed by atoms with Crippen LogP contribution in [0.15, 0.2) is 42.6 Å². The Bertz CT molecular complexity index is 1060. The van der Waals surface area contributed by atoms with Crippen LogP contribution in [0.1, 0.15) is 28.6 Å². The molecule has 1 amide bonds. The van der Waals surface area contributed by atoms with E-state index in [0.717, 1.165) is 16.8 Å². The second-order valence-corrected chi connectivity index (χ2v) is 7.38. The number of amides is 1. The number of nitrogens with zero attached hydrogens (tertiary/aromatic N) is 3. The molecule has 1 aromatic carbocycles. The quantitative estimate of drug-likeness (QED) is 0.646. The summed E-state index contributed by atoms with van der Waals surface area (Å²) in [7, 11) is 1.58. The molecule has 3 aromatic rings. The minimum absolute atomic E-state index is 0.125. The van der Waals surface area contributed by atoms with Crippen LogP contribution < -0.4 is 4.74 Å². The Morgan fingerprint density at radius 3 is 2.83 bits per heavy atom. The lowest BCUT2D eigenvalue weighted by molar-refractivity contribution is 0.00985. The van der Waals surface area contributed by atoms with Crippen LogP contribution in [0.5, 0.6) is 5.75 Å². The van der Waals surface area contributed by atoms with Crippen LogP contribution in [-0.4, -0.2) is 56.9 Å². The molecule has 158 valence electrons. The van der Waals surface area contributed by atoms with Gasteiger partial charge in [0.2, 0.25) is 0 Å². The molecule has 0 saturated heterocycles. The number of fused-ring (bicyclic) bond motifs is 2. The molecule has 8 nitrogen and oxygen atoms in total. The van der Waals surface area contributed by atoms with Gasteiger partial charge in [-0.1, -0.05) is 24.3 Å². The first-order chi connectivity index (χ1) is 14.5. The molecule has 2 aromatic heterocycles. The molecule has 2 heterocycles. The Labute approximate surface area is 174 Å². The third-order valence-electron chi connectivity index (χ3n) is 5.44. The van der Waals surface area contributed by atoms with Gasteiger partial charge in [-0.25, -0.2) is 9.78 Å². The van der Waals surface area contributed by atoms with Crippen molar-refractivity contribution in [3.63, 3.8) is 0 Å². The lowest BCUT2D eigenvalue weighted by atomic mass is 10.1. The summed E-state index contributed by atoms with van der Waals surface area (Å²) in [6.45, 7) is 1.78. The minimum Gasteiger partial charge on any atom is -0.478 e. The number of carbonyl (C=O) groups excluding carboxylic acids is 1. The average Bonchev–Trinajstić information content (AvgIpc) is 3.25. The molecular formula is C22H25N3O5. The van der Waals surface area contributed by atoms with Gasteiger partial charge in [-0.3, -0.25) is 4.40 Å². The van der Waals surface area contributed by atoms with E-state index < -0.39 is 18.3 Å². The third kappa shape index (κ3) is 3.59. The molecule has 0 radical (unpaired) electrons. The van der Waals surface area contributed by atoms with E-state index in [-0.39, 0.29) is 19.8 Å². The van der Waals surface area contributed by atoms with Gasteiger partial charge in [-0.2, -0.15) is 0 Å².